The molecule has 0 aliphatic carbocycles. The lowest BCUT2D eigenvalue weighted by Gasteiger charge is -2.04. The number of carboxylic acids is 1. The van der Waals surface area contributed by atoms with Crippen molar-refractivity contribution in [3.63, 3.8) is 0 Å². The minimum absolute atomic E-state index is 0.139. The lowest BCUT2D eigenvalue weighted by molar-refractivity contribution is 0.0443. The quantitative estimate of drug-likeness (QED) is 0.581. The summed E-state index contributed by atoms with van der Waals surface area (Å²) in [4.78, 5) is 22.0. The van der Waals surface area contributed by atoms with Gasteiger partial charge in [0.1, 0.15) is 0 Å². The molecule has 0 radical (unpaired) electrons. The van der Waals surface area contributed by atoms with Crippen LogP contribution in [0.15, 0.2) is 36.8 Å². The largest absolute Gasteiger partial charge is 0.481 e. The first-order chi connectivity index (χ1) is 7.02. The fourth-order valence-electron chi connectivity index (χ4n) is 1.01. The van der Waals surface area contributed by atoms with Crippen molar-refractivity contribution >= 4 is 11.9 Å². The van der Waals surface area contributed by atoms with Crippen LogP contribution in [0.3, 0.4) is 0 Å². The van der Waals surface area contributed by atoms with Crippen molar-refractivity contribution in [1.29, 1.82) is 0 Å². The van der Waals surface area contributed by atoms with E-state index in [1.54, 1.807) is 0 Å². The Morgan fingerprint density at radius 2 is 1.67 bits per heavy atom. The Morgan fingerprint density at radius 1 is 1.13 bits per heavy atom. The van der Waals surface area contributed by atoms with Gasteiger partial charge in [-0.3, -0.25) is 0 Å². The van der Waals surface area contributed by atoms with E-state index in [1.807, 2.05) is 0 Å². The molecular weight excluding hydrogens is 200 g/mol. The van der Waals surface area contributed by atoms with Crippen LogP contribution in [0.2, 0.25) is 0 Å². The zero-order chi connectivity index (χ0) is 11.4. The second-order valence-corrected chi connectivity index (χ2v) is 2.63. The highest BCUT2D eigenvalue weighted by Crippen LogP contribution is 2.11. The number of carbonyl (C=O) groups excluding carboxylic acids is 1. The molecule has 0 unspecified atom stereocenters. The molecule has 1 aromatic carbocycles. The van der Waals surface area contributed by atoms with E-state index in [1.165, 1.54) is 24.3 Å². The Kier molecular flexibility index (Phi) is 3.07. The fourth-order valence-corrected chi connectivity index (χ4v) is 1.01. The van der Waals surface area contributed by atoms with Gasteiger partial charge in [-0.2, -0.15) is 0 Å². The molecule has 0 saturated heterocycles. The van der Waals surface area contributed by atoms with Gasteiger partial charge in [0.2, 0.25) is 0 Å². The number of rotatable bonds is 3. The predicted molar refractivity (Wildman–Crippen MR) is 50.6 cm³/mol. The zero-order valence-corrected chi connectivity index (χ0v) is 7.64. The lowest BCUT2D eigenvalue weighted by Crippen LogP contribution is -2.10. The maximum absolute atomic E-state index is 11.3. The van der Waals surface area contributed by atoms with Gasteiger partial charge in [-0.1, -0.05) is 12.1 Å². The van der Waals surface area contributed by atoms with E-state index in [4.69, 9.17) is 10.2 Å². The molecule has 0 aromatic heterocycles. The minimum Gasteiger partial charge on any atom is -0.481 e. The van der Waals surface area contributed by atoms with Gasteiger partial charge in [0, 0.05) is 0 Å². The molecule has 0 atom stereocenters. The predicted octanol–water partition coefficient (Wildman–Crippen LogP) is 1.57. The molecular formula is C10H8O5. The number of benzene rings is 1. The minimum atomic E-state index is -1.24. The molecule has 2 N–H and O–H groups in total. The van der Waals surface area contributed by atoms with Crippen molar-refractivity contribution in [2.45, 2.75) is 0 Å². The topological polar surface area (TPSA) is 83.8 Å². The molecule has 0 fully saturated rings. The molecule has 5 heteroatoms. The van der Waals surface area contributed by atoms with E-state index in [2.05, 4.69) is 11.3 Å². The third-order valence-corrected chi connectivity index (χ3v) is 1.59. The summed E-state index contributed by atoms with van der Waals surface area (Å²) in [5.74, 6) is -2.98. The molecule has 1 rings (SSSR count). The molecule has 78 valence electrons. The summed E-state index contributed by atoms with van der Waals surface area (Å²) in [6.07, 6.45) is 0. The molecule has 0 aliphatic rings. The van der Waals surface area contributed by atoms with Gasteiger partial charge >= 0.3 is 11.9 Å². The van der Waals surface area contributed by atoms with Crippen molar-refractivity contribution in [2.24, 2.45) is 0 Å². The van der Waals surface area contributed by atoms with Crippen molar-refractivity contribution in [3.8, 4) is 0 Å². The summed E-state index contributed by atoms with van der Waals surface area (Å²) >= 11 is 0. The van der Waals surface area contributed by atoms with Gasteiger partial charge in [-0.15, -0.1) is 0 Å². The Bertz CT molecular complexity index is 422. The molecule has 1 aromatic rings. The highest BCUT2D eigenvalue weighted by atomic mass is 16.6. The lowest BCUT2D eigenvalue weighted by atomic mass is 10.1. The van der Waals surface area contributed by atoms with Crippen LogP contribution in [0, 0.1) is 0 Å². The van der Waals surface area contributed by atoms with Crippen LogP contribution >= 0.6 is 0 Å². The van der Waals surface area contributed by atoms with Crippen molar-refractivity contribution < 1.29 is 24.5 Å². The number of hydrogen-bond donors (Lipinski definition) is 2. The summed E-state index contributed by atoms with van der Waals surface area (Å²) < 4.78 is 4.29. The number of carboxylic acid groups (broad SMARTS) is 1. The number of aromatic carboxylic acids is 1. The Morgan fingerprint density at radius 3 is 2.13 bits per heavy atom. The smallest absolute Gasteiger partial charge is 0.346 e. The third kappa shape index (κ3) is 2.57. The number of hydrogen-bond acceptors (Lipinski definition) is 4. The van der Waals surface area contributed by atoms with Crippen LogP contribution in [0.1, 0.15) is 20.7 Å². The van der Waals surface area contributed by atoms with Gasteiger partial charge in [0.15, 0.2) is 0 Å². The second-order valence-electron chi connectivity index (χ2n) is 2.63. The molecule has 0 heterocycles. The standard InChI is InChI=1S/C10H8O5/c1-6(11)15-10(14)8-5-3-2-4-7(8)9(12)13/h2-5,11H,1H2,(H,12,13). The van der Waals surface area contributed by atoms with Gasteiger partial charge in [-0.25, -0.2) is 9.59 Å². The number of aliphatic hydroxyl groups is 1. The van der Waals surface area contributed by atoms with Crippen LogP contribution in [-0.4, -0.2) is 22.2 Å². The number of ether oxygens (including phenoxy) is 1. The van der Waals surface area contributed by atoms with Gasteiger partial charge in [0.05, 0.1) is 11.1 Å². The van der Waals surface area contributed by atoms with E-state index in [-0.39, 0.29) is 11.1 Å². The van der Waals surface area contributed by atoms with E-state index < -0.39 is 17.9 Å². The molecule has 0 bridgehead atoms. The normalized spacial score (nSPS) is 9.33. The Labute approximate surface area is 85.2 Å². The van der Waals surface area contributed by atoms with Crippen LogP contribution in [-0.2, 0) is 4.74 Å². The van der Waals surface area contributed by atoms with Gasteiger partial charge < -0.3 is 14.9 Å². The molecule has 0 amide bonds. The third-order valence-electron chi connectivity index (χ3n) is 1.59. The molecule has 5 nitrogen and oxygen atoms in total. The summed E-state index contributed by atoms with van der Waals surface area (Å²) in [6.45, 7) is 2.96. The molecule has 0 saturated carbocycles. The Hall–Kier alpha value is -2.30. The molecule has 15 heavy (non-hydrogen) atoms. The van der Waals surface area contributed by atoms with E-state index in [0.717, 1.165) is 0 Å². The van der Waals surface area contributed by atoms with E-state index >= 15 is 0 Å². The number of carbonyl (C=O) groups is 2. The first kappa shape index (κ1) is 10.8. The average Bonchev–Trinajstić information content (AvgIpc) is 2.16. The molecule has 0 spiro atoms. The van der Waals surface area contributed by atoms with E-state index in [9.17, 15) is 9.59 Å². The zero-order valence-electron chi connectivity index (χ0n) is 7.64. The number of aliphatic hydroxyl groups excluding tert-OH is 1. The Balaban J connectivity index is 3.08. The average molecular weight is 208 g/mol. The van der Waals surface area contributed by atoms with Crippen LogP contribution in [0.25, 0.3) is 0 Å². The van der Waals surface area contributed by atoms with Crippen LogP contribution < -0.4 is 0 Å². The second kappa shape index (κ2) is 4.28. The van der Waals surface area contributed by atoms with Crippen LogP contribution in [0.5, 0.6) is 0 Å². The van der Waals surface area contributed by atoms with Gasteiger partial charge in [-0.05, 0) is 18.7 Å². The summed E-state index contributed by atoms with van der Waals surface area (Å²) in [7, 11) is 0. The highest BCUT2D eigenvalue weighted by molar-refractivity contribution is 6.02. The van der Waals surface area contributed by atoms with Crippen molar-refractivity contribution in [2.75, 3.05) is 0 Å². The van der Waals surface area contributed by atoms with Gasteiger partial charge in [0.25, 0.3) is 5.95 Å². The monoisotopic (exact) mass is 208 g/mol. The maximum Gasteiger partial charge on any atom is 0.346 e. The first-order valence-electron chi connectivity index (χ1n) is 3.94. The van der Waals surface area contributed by atoms with Crippen molar-refractivity contribution in [3.05, 3.63) is 47.9 Å². The fraction of sp³-hybridized carbons (Fsp3) is 0. The summed E-state index contributed by atoms with van der Waals surface area (Å²) in [5, 5.41) is 17.4. The van der Waals surface area contributed by atoms with Crippen molar-refractivity contribution in [1.82, 2.24) is 0 Å². The summed E-state index contributed by atoms with van der Waals surface area (Å²) in [5.41, 5.74) is -0.330. The van der Waals surface area contributed by atoms with Crippen LogP contribution in [0.4, 0.5) is 0 Å². The number of esters is 1. The SMILES string of the molecule is C=C(O)OC(=O)c1ccccc1C(=O)O. The maximum atomic E-state index is 11.3. The summed E-state index contributed by atoms with van der Waals surface area (Å²) in [6, 6.07) is 5.52. The van der Waals surface area contributed by atoms with E-state index in [0.29, 0.717) is 0 Å². The first-order valence-corrected chi connectivity index (χ1v) is 3.94. The molecule has 0 aliphatic heterocycles. The highest BCUT2D eigenvalue weighted by Gasteiger charge is 2.17.